The van der Waals surface area contributed by atoms with Crippen molar-refractivity contribution in [1.82, 2.24) is 10.2 Å². The standard InChI is InChI=1S/C18H27N3O/c1-13(17(19)15-5-3-2-4-6-15)18(22)20-11-14-9-10-21(12-14)16-7-8-16/h2-6,13-14,16-17H,7-12,19H2,1H3,(H,20,22). The van der Waals surface area contributed by atoms with E-state index in [0.717, 1.165) is 24.7 Å². The van der Waals surface area contributed by atoms with Crippen LogP contribution in [0.15, 0.2) is 30.3 Å². The number of rotatable bonds is 6. The van der Waals surface area contributed by atoms with Crippen LogP contribution in [0.2, 0.25) is 0 Å². The monoisotopic (exact) mass is 301 g/mol. The van der Waals surface area contributed by atoms with E-state index >= 15 is 0 Å². The van der Waals surface area contributed by atoms with Crippen molar-refractivity contribution in [3.8, 4) is 0 Å². The summed E-state index contributed by atoms with van der Waals surface area (Å²) >= 11 is 0. The van der Waals surface area contributed by atoms with E-state index in [4.69, 9.17) is 5.73 Å². The number of hydrogen-bond acceptors (Lipinski definition) is 3. The number of carbonyl (C=O) groups excluding carboxylic acids is 1. The number of hydrogen-bond donors (Lipinski definition) is 2. The van der Waals surface area contributed by atoms with Gasteiger partial charge >= 0.3 is 0 Å². The molecular weight excluding hydrogens is 274 g/mol. The predicted octanol–water partition coefficient (Wildman–Crippen LogP) is 1.92. The Bertz CT molecular complexity index is 500. The Labute approximate surface area is 133 Å². The topological polar surface area (TPSA) is 58.4 Å². The molecule has 1 heterocycles. The van der Waals surface area contributed by atoms with Crippen LogP contribution in [0.4, 0.5) is 0 Å². The van der Waals surface area contributed by atoms with Crippen molar-refractivity contribution in [2.45, 2.75) is 38.3 Å². The highest BCUT2D eigenvalue weighted by atomic mass is 16.1. The largest absolute Gasteiger partial charge is 0.355 e. The first kappa shape index (κ1) is 15.5. The van der Waals surface area contributed by atoms with Gasteiger partial charge in [-0.05, 0) is 37.3 Å². The van der Waals surface area contributed by atoms with Crippen molar-refractivity contribution in [2.24, 2.45) is 17.6 Å². The van der Waals surface area contributed by atoms with Gasteiger partial charge in [-0.25, -0.2) is 0 Å². The SMILES string of the molecule is CC(C(=O)NCC1CCN(C2CC2)C1)C(N)c1ccccc1. The van der Waals surface area contributed by atoms with Crippen molar-refractivity contribution in [2.75, 3.05) is 19.6 Å². The molecule has 0 radical (unpaired) electrons. The van der Waals surface area contributed by atoms with Gasteiger partial charge in [0.05, 0.1) is 5.92 Å². The van der Waals surface area contributed by atoms with Gasteiger partial charge in [-0.3, -0.25) is 4.79 Å². The molecule has 22 heavy (non-hydrogen) atoms. The second-order valence-corrected chi connectivity index (χ2v) is 6.85. The van der Waals surface area contributed by atoms with Crippen LogP contribution in [0, 0.1) is 11.8 Å². The fourth-order valence-electron chi connectivity index (χ4n) is 3.33. The number of carbonyl (C=O) groups is 1. The molecule has 0 bridgehead atoms. The van der Waals surface area contributed by atoms with E-state index in [-0.39, 0.29) is 17.9 Å². The Balaban J connectivity index is 1.45. The van der Waals surface area contributed by atoms with E-state index < -0.39 is 0 Å². The molecule has 3 N–H and O–H groups in total. The summed E-state index contributed by atoms with van der Waals surface area (Å²) in [6.45, 7) is 5.04. The van der Waals surface area contributed by atoms with Gasteiger partial charge in [0, 0.05) is 25.2 Å². The van der Waals surface area contributed by atoms with Crippen LogP contribution in [0.3, 0.4) is 0 Å². The molecule has 4 heteroatoms. The van der Waals surface area contributed by atoms with Crippen molar-refractivity contribution in [1.29, 1.82) is 0 Å². The lowest BCUT2D eigenvalue weighted by Crippen LogP contribution is -2.38. The normalized spacial score (nSPS) is 24.9. The summed E-state index contributed by atoms with van der Waals surface area (Å²) in [5.41, 5.74) is 7.24. The summed E-state index contributed by atoms with van der Waals surface area (Å²) in [4.78, 5) is 14.9. The van der Waals surface area contributed by atoms with E-state index in [1.807, 2.05) is 37.3 Å². The average molecular weight is 301 g/mol. The Kier molecular flexibility index (Phi) is 4.79. The highest BCUT2D eigenvalue weighted by molar-refractivity contribution is 5.79. The smallest absolute Gasteiger partial charge is 0.224 e. The zero-order chi connectivity index (χ0) is 15.5. The van der Waals surface area contributed by atoms with Crippen molar-refractivity contribution >= 4 is 5.91 Å². The lowest BCUT2D eigenvalue weighted by Gasteiger charge is -2.21. The molecule has 1 aromatic rings. The van der Waals surface area contributed by atoms with E-state index in [0.29, 0.717) is 5.92 Å². The zero-order valence-electron chi connectivity index (χ0n) is 13.4. The quantitative estimate of drug-likeness (QED) is 0.844. The van der Waals surface area contributed by atoms with E-state index in [1.54, 1.807) is 0 Å². The summed E-state index contributed by atoms with van der Waals surface area (Å²) in [5.74, 6) is 0.467. The highest BCUT2D eigenvalue weighted by Crippen LogP contribution is 2.31. The first-order chi connectivity index (χ1) is 10.6. The summed E-state index contributed by atoms with van der Waals surface area (Å²) in [7, 11) is 0. The van der Waals surface area contributed by atoms with Crippen LogP contribution in [-0.2, 0) is 4.79 Å². The maximum atomic E-state index is 12.3. The van der Waals surface area contributed by atoms with Crippen LogP contribution >= 0.6 is 0 Å². The van der Waals surface area contributed by atoms with Gasteiger partial charge in [0.1, 0.15) is 0 Å². The minimum absolute atomic E-state index is 0.0706. The molecule has 0 spiro atoms. The molecule has 0 aromatic heterocycles. The first-order valence-electron chi connectivity index (χ1n) is 8.47. The molecule has 2 fully saturated rings. The predicted molar refractivity (Wildman–Crippen MR) is 88.2 cm³/mol. The van der Waals surface area contributed by atoms with Gasteiger partial charge in [0.2, 0.25) is 5.91 Å². The summed E-state index contributed by atoms with van der Waals surface area (Å²) in [5, 5.41) is 3.11. The van der Waals surface area contributed by atoms with Gasteiger partial charge in [0.25, 0.3) is 0 Å². The Morgan fingerprint density at radius 1 is 1.32 bits per heavy atom. The number of likely N-dealkylation sites (tertiary alicyclic amines) is 1. The number of nitrogens with one attached hydrogen (secondary N) is 1. The number of nitrogens with zero attached hydrogens (tertiary/aromatic N) is 1. The number of amides is 1. The average Bonchev–Trinajstić information content (AvgIpc) is 3.30. The molecule has 3 rings (SSSR count). The van der Waals surface area contributed by atoms with E-state index in [2.05, 4.69) is 10.2 Å². The molecule has 120 valence electrons. The van der Waals surface area contributed by atoms with Crippen molar-refractivity contribution < 1.29 is 4.79 Å². The van der Waals surface area contributed by atoms with Crippen molar-refractivity contribution in [3.05, 3.63) is 35.9 Å². The van der Waals surface area contributed by atoms with Crippen LogP contribution in [-0.4, -0.2) is 36.5 Å². The van der Waals surface area contributed by atoms with Crippen LogP contribution in [0.1, 0.15) is 37.8 Å². The summed E-state index contributed by atoms with van der Waals surface area (Å²) in [6, 6.07) is 10.5. The fraction of sp³-hybridized carbons (Fsp3) is 0.611. The van der Waals surface area contributed by atoms with Gasteiger partial charge in [-0.1, -0.05) is 37.3 Å². The van der Waals surface area contributed by atoms with Crippen LogP contribution in [0.25, 0.3) is 0 Å². The Morgan fingerprint density at radius 2 is 2.05 bits per heavy atom. The lowest BCUT2D eigenvalue weighted by molar-refractivity contribution is -0.125. The second kappa shape index (κ2) is 6.80. The molecule has 3 unspecified atom stereocenters. The minimum atomic E-state index is -0.243. The third kappa shape index (κ3) is 3.68. The lowest BCUT2D eigenvalue weighted by atomic mass is 9.94. The van der Waals surface area contributed by atoms with Crippen molar-refractivity contribution in [3.63, 3.8) is 0 Å². The highest BCUT2D eigenvalue weighted by Gasteiger charge is 2.34. The summed E-state index contributed by atoms with van der Waals surface area (Å²) < 4.78 is 0. The fourth-order valence-corrected chi connectivity index (χ4v) is 3.33. The second-order valence-electron chi connectivity index (χ2n) is 6.85. The maximum absolute atomic E-state index is 12.3. The molecule has 1 saturated heterocycles. The Hall–Kier alpha value is -1.39. The molecule has 3 atom stereocenters. The van der Waals surface area contributed by atoms with E-state index in [9.17, 15) is 4.79 Å². The molecule has 1 saturated carbocycles. The van der Waals surface area contributed by atoms with Crippen LogP contribution < -0.4 is 11.1 Å². The third-order valence-corrected chi connectivity index (χ3v) is 5.08. The minimum Gasteiger partial charge on any atom is -0.355 e. The van der Waals surface area contributed by atoms with Crippen LogP contribution in [0.5, 0.6) is 0 Å². The summed E-state index contributed by atoms with van der Waals surface area (Å²) in [6.07, 6.45) is 3.93. The van der Waals surface area contributed by atoms with Gasteiger partial charge in [-0.2, -0.15) is 0 Å². The molecular formula is C18H27N3O. The maximum Gasteiger partial charge on any atom is 0.224 e. The Morgan fingerprint density at radius 3 is 2.73 bits per heavy atom. The zero-order valence-corrected chi connectivity index (χ0v) is 13.4. The molecule has 1 aliphatic heterocycles. The first-order valence-corrected chi connectivity index (χ1v) is 8.47. The van der Waals surface area contributed by atoms with Gasteiger partial charge < -0.3 is 16.0 Å². The van der Waals surface area contributed by atoms with Gasteiger partial charge in [-0.15, -0.1) is 0 Å². The molecule has 1 aliphatic carbocycles. The third-order valence-electron chi connectivity index (χ3n) is 5.08. The molecule has 4 nitrogen and oxygen atoms in total. The molecule has 2 aliphatic rings. The molecule has 1 aromatic carbocycles. The number of nitrogens with two attached hydrogens (primary N) is 1. The molecule has 1 amide bonds. The van der Waals surface area contributed by atoms with E-state index in [1.165, 1.54) is 25.8 Å². The van der Waals surface area contributed by atoms with Gasteiger partial charge in [0.15, 0.2) is 0 Å². The number of benzene rings is 1.